The highest BCUT2D eigenvalue weighted by atomic mass is 16.6. The fourth-order valence-corrected chi connectivity index (χ4v) is 6.62. The zero-order valence-electron chi connectivity index (χ0n) is 38.0. The molecule has 0 radical (unpaired) electrons. The summed E-state index contributed by atoms with van der Waals surface area (Å²) in [7, 11) is 0. The first-order valence-electron chi connectivity index (χ1n) is 24.3. The van der Waals surface area contributed by atoms with E-state index in [9.17, 15) is 14.4 Å². The van der Waals surface area contributed by atoms with Gasteiger partial charge in [-0.2, -0.15) is 0 Å². The molecule has 6 heteroatoms. The Morgan fingerprint density at radius 3 is 1.17 bits per heavy atom. The van der Waals surface area contributed by atoms with Crippen LogP contribution in [0.2, 0.25) is 0 Å². The molecule has 0 bridgehead atoms. The van der Waals surface area contributed by atoms with Crippen molar-refractivity contribution in [3.63, 3.8) is 0 Å². The molecule has 0 amide bonds. The van der Waals surface area contributed by atoms with Gasteiger partial charge in [0.05, 0.1) is 0 Å². The van der Waals surface area contributed by atoms with Gasteiger partial charge < -0.3 is 14.2 Å². The molecule has 0 saturated heterocycles. The molecule has 0 aliphatic rings. The maximum absolute atomic E-state index is 12.7. The van der Waals surface area contributed by atoms with Crippen LogP contribution in [0.5, 0.6) is 0 Å². The molecule has 1 atom stereocenters. The largest absolute Gasteiger partial charge is 0.462 e. The van der Waals surface area contributed by atoms with Gasteiger partial charge in [-0.05, 0) is 83.5 Å². The van der Waals surface area contributed by atoms with E-state index < -0.39 is 6.10 Å². The van der Waals surface area contributed by atoms with Crippen LogP contribution >= 0.6 is 0 Å². The van der Waals surface area contributed by atoms with Crippen LogP contribution in [0.25, 0.3) is 0 Å². The number of unbranched alkanes of at least 4 members (excludes halogenated alkanes) is 24. The molecule has 1 unspecified atom stereocenters. The van der Waals surface area contributed by atoms with Gasteiger partial charge in [-0.3, -0.25) is 14.4 Å². The molecule has 58 heavy (non-hydrogen) atoms. The third-order valence-electron chi connectivity index (χ3n) is 10.3. The Morgan fingerprint density at radius 1 is 0.362 bits per heavy atom. The van der Waals surface area contributed by atoms with E-state index in [2.05, 4.69) is 81.5 Å². The lowest BCUT2D eigenvalue weighted by Gasteiger charge is -2.18. The lowest BCUT2D eigenvalue weighted by molar-refractivity contribution is -0.167. The van der Waals surface area contributed by atoms with Crippen LogP contribution < -0.4 is 0 Å². The fourth-order valence-electron chi connectivity index (χ4n) is 6.62. The van der Waals surface area contributed by atoms with Crippen molar-refractivity contribution in [1.82, 2.24) is 0 Å². The molecule has 334 valence electrons. The second kappa shape index (κ2) is 46.8. The summed E-state index contributed by atoms with van der Waals surface area (Å²) in [6.07, 6.45) is 56.5. The average molecular weight is 811 g/mol. The van der Waals surface area contributed by atoms with Crippen molar-refractivity contribution < 1.29 is 28.6 Å². The van der Waals surface area contributed by atoms with Gasteiger partial charge in [-0.15, -0.1) is 0 Å². The standard InChI is InChI=1S/C52H90O6/c1-4-7-10-13-16-19-21-23-24-25-26-27-29-30-33-36-39-42-45-51(54)57-48-49(47-56-50(53)44-41-38-35-32-18-15-12-9-6-3)58-52(55)46-43-40-37-34-31-28-22-20-17-14-11-8-5-2/h8,11,14,17,20,22,26-27,32,35,49H,4-7,9-10,12-13,15-16,18-19,21,23-25,28-31,33-34,36-48H2,1-3H3/b11-8-,17-14-,22-20-,27-26-,35-32-. The Morgan fingerprint density at radius 2 is 0.707 bits per heavy atom. The van der Waals surface area contributed by atoms with Crippen LogP contribution in [0.4, 0.5) is 0 Å². The van der Waals surface area contributed by atoms with Crippen molar-refractivity contribution in [1.29, 1.82) is 0 Å². The van der Waals surface area contributed by atoms with Crippen LogP contribution in [0.3, 0.4) is 0 Å². The van der Waals surface area contributed by atoms with Crippen LogP contribution in [-0.2, 0) is 28.6 Å². The number of allylic oxidation sites excluding steroid dienone is 10. The summed E-state index contributed by atoms with van der Waals surface area (Å²) in [5.41, 5.74) is 0. The maximum Gasteiger partial charge on any atom is 0.306 e. The molecular weight excluding hydrogens is 721 g/mol. The molecule has 6 nitrogen and oxygen atoms in total. The van der Waals surface area contributed by atoms with E-state index in [1.165, 1.54) is 103 Å². The monoisotopic (exact) mass is 811 g/mol. The summed E-state index contributed by atoms with van der Waals surface area (Å²) in [5, 5.41) is 0. The summed E-state index contributed by atoms with van der Waals surface area (Å²) in [4.78, 5) is 37.7. The van der Waals surface area contributed by atoms with E-state index in [-0.39, 0.29) is 31.1 Å². The Bertz CT molecular complexity index is 1070. The number of ether oxygens (including phenoxy) is 3. The molecule has 0 aliphatic heterocycles. The smallest absolute Gasteiger partial charge is 0.306 e. The number of rotatable bonds is 43. The van der Waals surface area contributed by atoms with Crippen LogP contribution in [0.1, 0.15) is 233 Å². The van der Waals surface area contributed by atoms with Gasteiger partial charge in [0.25, 0.3) is 0 Å². The number of hydrogen-bond donors (Lipinski definition) is 0. The second-order valence-electron chi connectivity index (χ2n) is 16.0. The summed E-state index contributed by atoms with van der Waals surface area (Å²) < 4.78 is 16.7. The van der Waals surface area contributed by atoms with Gasteiger partial charge in [0.15, 0.2) is 6.10 Å². The summed E-state index contributed by atoms with van der Waals surface area (Å²) in [6.45, 7) is 6.42. The first-order valence-corrected chi connectivity index (χ1v) is 24.3. The van der Waals surface area contributed by atoms with Crippen LogP contribution in [0, 0.1) is 0 Å². The highest BCUT2D eigenvalue weighted by Crippen LogP contribution is 2.14. The molecular formula is C52H90O6. The molecule has 0 fully saturated rings. The Hall–Kier alpha value is -2.89. The van der Waals surface area contributed by atoms with E-state index in [4.69, 9.17) is 14.2 Å². The topological polar surface area (TPSA) is 78.9 Å². The van der Waals surface area contributed by atoms with Crippen LogP contribution in [0.15, 0.2) is 60.8 Å². The van der Waals surface area contributed by atoms with Crippen molar-refractivity contribution in [2.45, 2.75) is 239 Å². The summed E-state index contributed by atoms with van der Waals surface area (Å²) >= 11 is 0. The average Bonchev–Trinajstić information content (AvgIpc) is 3.22. The highest BCUT2D eigenvalue weighted by Gasteiger charge is 2.19. The zero-order valence-corrected chi connectivity index (χ0v) is 38.0. The minimum atomic E-state index is -0.796. The van der Waals surface area contributed by atoms with E-state index in [0.29, 0.717) is 25.7 Å². The van der Waals surface area contributed by atoms with Gasteiger partial charge in [-0.25, -0.2) is 0 Å². The quantitative estimate of drug-likeness (QED) is 0.0201. The number of esters is 3. The predicted octanol–water partition coefficient (Wildman–Crippen LogP) is 15.7. The van der Waals surface area contributed by atoms with Gasteiger partial charge in [-0.1, -0.05) is 191 Å². The minimum absolute atomic E-state index is 0.0956. The molecule has 0 aromatic heterocycles. The lowest BCUT2D eigenvalue weighted by atomic mass is 10.1. The molecule has 0 aromatic carbocycles. The highest BCUT2D eigenvalue weighted by molar-refractivity contribution is 5.71. The van der Waals surface area contributed by atoms with Gasteiger partial charge in [0.1, 0.15) is 13.2 Å². The van der Waals surface area contributed by atoms with Crippen molar-refractivity contribution in [3.8, 4) is 0 Å². The molecule has 0 aromatic rings. The SMILES string of the molecule is CC\C=C/C=C\C=C/CCCCCCCC(=O)OC(COC(=O)CCC/C=C\CCCCCC)COC(=O)CCCCCCC/C=C\CCCCCCCCCCC. The van der Waals surface area contributed by atoms with E-state index >= 15 is 0 Å². The molecule has 0 aliphatic carbocycles. The van der Waals surface area contributed by atoms with Crippen molar-refractivity contribution in [2.24, 2.45) is 0 Å². The summed E-state index contributed by atoms with van der Waals surface area (Å²) in [5.74, 6) is -0.962. The minimum Gasteiger partial charge on any atom is -0.462 e. The third-order valence-corrected chi connectivity index (χ3v) is 10.3. The molecule has 0 N–H and O–H groups in total. The first kappa shape index (κ1) is 55.1. The first-order chi connectivity index (χ1) is 28.5. The van der Waals surface area contributed by atoms with Crippen molar-refractivity contribution >= 4 is 17.9 Å². The second-order valence-corrected chi connectivity index (χ2v) is 16.0. The maximum atomic E-state index is 12.7. The molecule has 0 saturated carbocycles. The normalized spacial score (nSPS) is 12.5. The molecule has 0 heterocycles. The molecule has 0 spiro atoms. The van der Waals surface area contributed by atoms with E-state index in [0.717, 1.165) is 83.5 Å². The number of hydrogen-bond acceptors (Lipinski definition) is 6. The third kappa shape index (κ3) is 44.2. The van der Waals surface area contributed by atoms with E-state index in [1.54, 1.807) is 0 Å². The van der Waals surface area contributed by atoms with Gasteiger partial charge in [0, 0.05) is 19.3 Å². The van der Waals surface area contributed by atoms with Gasteiger partial charge >= 0.3 is 17.9 Å². The van der Waals surface area contributed by atoms with Gasteiger partial charge in [0.2, 0.25) is 0 Å². The zero-order chi connectivity index (χ0) is 42.3. The molecule has 0 rings (SSSR count). The van der Waals surface area contributed by atoms with Crippen molar-refractivity contribution in [3.05, 3.63) is 60.8 Å². The van der Waals surface area contributed by atoms with E-state index in [1.807, 2.05) is 0 Å². The fraction of sp³-hybridized carbons (Fsp3) is 0.750. The summed E-state index contributed by atoms with van der Waals surface area (Å²) in [6, 6.07) is 0. The van der Waals surface area contributed by atoms with Crippen LogP contribution in [-0.4, -0.2) is 37.2 Å². The predicted molar refractivity (Wildman–Crippen MR) is 247 cm³/mol. The lowest BCUT2D eigenvalue weighted by Crippen LogP contribution is -2.30. The Kier molecular flexibility index (Phi) is 44.5. The number of carbonyl (C=O) groups is 3. The number of carbonyl (C=O) groups excluding carboxylic acids is 3. The Balaban J connectivity index is 4.36. The Labute approximate surface area is 358 Å². The van der Waals surface area contributed by atoms with Crippen molar-refractivity contribution in [2.75, 3.05) is 13.2 Å².